The van der Waals surface area contributed by atoms with Gasteiger partial charge in [-0.05, 0) is 35.4 Å². The summed E-state index contributed by atoms with van der Waals surface area (Å²) in [5, 5.41) is 2.82. The van der Waals surface area contributed by atoms with Crippen molar-refractivity contribution in [1.29, 1.82) is 0 Å². The van der Waals surface area contributed by atoms with E-state index in [0.717, 1.165) is 22.6 Å². The Labute approximate surface area is 145 Å². The van der Waals surface area contributed by atoms with Gasteiger partial charge in [0.25, 0.3) is 0 Å². The fourth-order valence-electron chi connectivity index (χ4n) is 2.64. The molecule has 0 bridgehead atoms. The number of hydrogen-bond donors (Lipinski definition) is 1. The Morgan fingerprint density at radius 2 is 1.72 bits per heavy atom. The molecule has 4 rings (SSSR count). The van der Waals surface area contributed by atoms with Crippen molar-refractivity contribution in [2.45, 2.75) is 18.4 Å². The van der Waals surface area contributed by atoms with Gasteiger partial charge in [-0.25, -0.2) is 6.57 Å². The lowest BCUT2D eigenvalue weighted by molar-refractivity contribution is -0.117. The summed E-state index contributed by atoms with van der Waals surface area (Å²) >= 11 is 0. The van der Waals surface area contributed by atoms with Crippen LogP contribution >= 0.6 is 0 Å². The summed E-state index contributed by atoms with van der Waals surface area (Å²) in [5.41, 5.74) is 1.93. The Morgan fingerprint density at radius 3 is 2.44 bits per heavy atom. The summed E-state index contributed by atoms with van der Waals surface area (Å²) in [5.74, 6) is 1.32. The van der Waals surface area contributed by atoms with Crippen LogP contribution in [0.5, 0.6) is 11.5 Å². The fraction of sp³-hybridized carbons (Fsp3) is 0.200. The van der Waals surface area contributed by atoms with Crippen molar-refractivity contribution >= 4 is 23.7 Å². The predicted molar refractivity (Wildman–Crippen MR) is 95.1 cm³/mol. The minimum absolute atomic E-state index is 0.203. The first-order valence-electron chi connectivity index (χ1n) is 8.06. The SMILES string of the molecule is [C-]#[N+]C1(C(=O)Nc2ccc(/C=C/c3ccc4c(c3)OCO4)cc2)CC1. The molecule has 1 heterocycles. The monoisotopic (exact) mass is 332 g/mol. The molecule has 2 aromatic rings. The molecule has 124 valence electrons. The molecule has 0 aromatic heterocycles. The van der Waals surface area contributed by atoms with Crippen molar-refractivity contribution in [3.8, 4) is 11.5 Å². The molecule has 1 fully saturated rings. The number of benzene rings is 2. The van der Waals surface area contributed by atoms with Crippen LogP contribution < -0.4 is 14.8 Å². The largest absolute Gasteiger partial charge is 0.454 e. The first kappa shape index (κ1) is 15.3. The van der Waals surface area contributed by atoms with E-state index in [9.17, 15) is 4.79 Å². The van der Waals surface area contributed by atoms with Crippen LogP contribution in [0.15, 0.2) is 42.5 Å². The van der Waals surface area contributed by atoms with E-state index < -0.39 is 5.54 Å². The van der Waals surface area contributed by atoms with Gasteiger partial charge in [0.05, 0.1) is 0 Å². The molecule has 0 unspecified atom stereocenters. The predicted octanol–water partition coefficient (Wildman–Crippen LogP) is 3.98. The molecule has 1 aliphatic heterocycles. The number of rotatable bonds is 4. The maximum absolute atomic E-state index is 12.1. The summed E-state index contributed by atoms with van der Waals surface area (Å²) in [7, 11) is 0. The first-order chi connectivity index (χ1) is 12.2. The lowest BCUT2D eigenvalue weighted by atomic mass is 10.1. The second-order valence-corrected chi connectivity index (χ2v) is 6.17. The molecule has 5 nitrogen and oxygen atoms in total. The Hall–Kier alpha value is -3.26. The number of nitrogens with one attached hydrogen (secondary N) is 1. The summed E-state index contributed by atoms with van der Waals surface area (Å²) < 4.78 is 10.7. The van der Waals surface area contributed by atoms with Gasteiger partial charge in [0.15, 0.2) is 11.5 Å². The van der Waals surface area contributed by atoms with E-state index in [1.807, 2.05) is 54.6 Å². The van der Waals surface area contributed by atoms with Crippen LogP contribution in [0.1, 0.15) is 24.0 Å². The third-order valence-electron chi connectivity index (χ3n) is 4.39. The second kappa shape index (κ2) is 5.99. The van der Waals surface area contributed by atoms with E-state index in [4.69, 9.17) is 16.0 Å². The van der Waals surface area contributed by atoms with E-state index in [1.165, 1.54) is 0 Å². The smallest absolute Gasteiger partial charge is 0.310 e. The van der Waals surface area contributed by atoms with Gasteiger partial charge in [-0.3, -0.25) is 9.64 Å². The number of amides is 1. The number of carbonyl (C=O) groups is 1. The maximum Gasteiger partial charge on any atom is 0.310 e. The van der Waals surface area contributed by atoms with Crippen molar-refractivity contribution in [3.05, 3.63) is 65.0 Å². The number of carbonyl (C=O) groups excluding carboxylic acids is 1. The Balaban J connectivity index is 1.42. The fourth-order valence-corrected chi connectivity index (χ4v) is 2.64. The zero-order valence-corrected chi connectivity index (χ0v) is 13.5. The average molecular weight is 332 g/mol. The molecule has 0 atom stereocenters. The normalized spacial score (nSPS) is 16.4. The molecule has 1 saturated carbocycles. The van der Waals surface area contributed by atoms with Crippen LogP contribution in [-0.4, -0.2) is 18.2 Å². The van der Waals surface area contributed by atoms with Crippen LogP contribution in [-0.2, 0) is 4.79 Å². The third-order valence-corrected chi connectivity index (χ3v) is 4.39. The molecule has 2 aromatic carbocycles. The van der Waals surface area contributed by atoms with Gasteiger partial charge >= 0.3 is 11.4 Å². The standard InChI is InChI=1S/C20H16N2O3/c1-21-20(10-11-20)19(23)22-16-7-4-14(5-8-16)2-3-15-6-9-17-18(12-15)25-13-24-17/h2-9,12H,10-11,13H2,(H,22,23)/b3-2+. The van der Waals surface area contributed by atoms with Gasteiger partial charge in [-0.2, -0.15) is 0 Å². The molecule has 0 spiro atoms. The van der Waals surface area contributed by atoms with E-state index >= 15 is 0 Å². The summed E-state index contributed by atoms with van der Waals surface area (Å²) in [4.78, 5) is 15.5. The van der Waals surface area contributed by atoms with Crippen molar-refractivity contribution in [2.75, 3.05) is 12.1 Å². The Bertz CT molecular complexity index is 890. The highest BCUT2D eigenvalue weighted by molar-refractivity contribution is 6.01. The molecular weight excluding hydrogens is 316 g/mol. The van der Waals surface area contributed by atoms with Crippen LogP contribution in [0, 0.1) is 6.57 Å². The number of anilines is 1. The first-order valence-corrected chi connectivity index (χ1v) is 8.06. The zero-order valence-electron chi connectivity index (χ0n) is 13.5. The van der Waals surface area contributed by atoms with Gasteiger partial charge in [0, 0.05) is 18.5 Å². The molecule has 1 aliphatic carbocycles. The van der Waals surface area contributed by atoms with E-state index in [0.29, 0.717) is 18.5 Å². The molecular formula is C20H16N2O3. The van der Waals surface area contributed by atoms with Gasteiger partial charge < -0.3 is 14.8 Å². The topological polar surface area (TPSA) is 51.9 Å². The van der Waals surface area contributed by atoms with Gasteiger partial charge in [-0.1, -0.05) is 30.4 Å². The van der Waals surface area contributed by atoms with Crippen LogP contribution in [0.25, 0.3) is 17.0 Å². The van der Waals surface area contributed by atoms with Crippen molar-refractivity contribution < 1.29 is 14.3 Å². The van der Waals surface area contributed by atoms with Crippen molar-refractivity contribution in [1.82, 2.24) is 0 Å². The Kier molecular flexibility index (Phi) is 3.66. The number of nitrogens with zero attached hydrogens (tertiary/aromatic N) is 1. The van der Waals surface area contributed by atoms with Crippen LogP contribution in [0.3, 0.4) is 0 Å². The number of fused-ring (bicyclic) bond motifs is 1. The maximum atomic E-state index is 12.1. The molecule has 0 saturated heterocycles. The van der Waals surface area contributed by atoms with Gasteiger partial charge in [-0.15, -0.1) is 0 Å². The molecule has 0 radical (unpaired) electrons. The lowest BCUT2D eigenvalue weighted by Crippen LogP contribution is -2.26. The summed E-state index contributed by atoms with van der Waals surface area (Å²) in [6.07, 6.45) is 5.29. The van der Waals surface area contributed by atoms with E-state index in [2.05, 4.69) is 10.2 Å². The van der Waals surface area contributed by atoms with Crippen molar-refractivity contribution in [2.24, 2.45) is 0 Å². The Morgan fingerprint density at radius 1 is 1.04 bits per heavy atom. The highest BCUT2D eigenvalue weighted by Crippen LogP contribution is 2.40. The van der Waals surface area contributed by atoms with Gasteiger partial charge in [0.2, 0.25) is 6.79 Å². The molecule has 5 heteroatoms. The number of ether oxygens (including phenoxy) is 2. The van der Waals surface area contributed by atoms with Crippen LogP contribution in [0.2, 0.25) is 0 Å². The zero-order chi connectivity index (χ0) is 17.3. The van der Waals surface area contributed by atoms with E-state index in [-0.39, 0.29) is 12.7 Å². The molecule has 25 heavy (non-hydrogen) atoms. The summed E-state index contributed by atoms with van der Waals surface area (Å²) in [6.45, 7) is 7.39. The minimum Gasteiger partial charge on any atom is -0.454 e. The quantitative estimate of drug-likeness (QED) is 0.681. The highest BCUT2D eigenvalue weighted by atomic mass is 16.7. The average Bonchev–Trinajstić information content (AvgIpc) is 3.31. The molecule has 1 N–H and O–H groups in total. The molecule has 2 aliphatic rings. The highest BCUT2D eigenvalue weighted by Gasteiger charge is 2.58. The summed E-state index contributed by atoms with van der Waals surface area (Å²) in [6, 6.07) is 13.3. The minimum atomic E-state index is -0.822. The molecule has 1 amide bonds. The van der Waals surface area contributed by atoms with Crippen LogP contribution in [0.4, 0.5) is 5.69 Å². The second-order valence-electron chi connectivity index (χ2n) is 6.17. The number of hydrogen-bond acceptors (Lipinski definition) is 3. The van der Waals surface area contributed by atoms with E-state index in [1.54, 1.807) is 0 Å². The lowest BCUT2D eigenvalue weighted by Gasteiger charge is -2.06. The van der Waals surface area contributed by atoms with Crippen molar-refractivity contribution in [3.63, 3.8) is 0 Å². The third kappa shape index (κ3) is 3.07. The van der Waals surface area contributed by atoms with Gasteiger partial charge in [0.1, 0.15) is 0 Å².